The molecule has 0 aliphatic carbocycles. The number of hydrogen-bond donors (Lipinski definition) is 1. The largest absolute Gasteiger partial charge is 0.402 e. The smallest absolute Gasteiger partial charge is 0.313 e. The van der Waals surface area contributed by atoms with Crippen LogP contribution in [-0.2, 0) is 4.79 Å². The second-order valence-electron chi connectivity index (χ2n) is 5.61. The van der Waals surface area contributed by atoms with Crippen molar-refractivity contribution in [1.29, 1.82) is 0 Å². The number of fused-ring (bicyclic) bond motifs is 1. The van der Waals surface area contributed by atoms with Crippen LogP contribution < -0.4 is 10.2 Å². The van der Waals surface area contributed by atoms with E-state index >= 15 is 0 Å². The molecule has 1 aromatic carbocycles. The van der Waals surface area contributed by atoms with Gasteiger partial charge in [-0.2, -0.15) is 0 Å². The van der Waals surface area contributed by atoms with Crippen molar-refractivity contribution in [1.82, 2.24) is 10.2 Å². The van der Waals surface area contributed by atoms with E-state index in [4.69, 9.17) is 4.74 Å². The predicted octanol–water partition coefficient (Wildman–Crippen LogP) is 2.26. The summed E-state index contributed by atoms with van der Waals surface area (Å²) in [5, 5.41) is 6.95. The Balaban J connectivity index is 2.29. The fourth-order valence-electron chi connectivity index (χ4n) is 1.70. The van der Waals surface area contributed by atoms with Gasteiger partial charge >= 0.3 is 5.97 Å². The monoisotopic (exact) mass is 260 g/mol. The van der Waals surface area contributed by atoms with Crippen LogP contribution in [0, 0.1) is 5.41 Å². The minimum atomic E-state index is -0.458. The Bertz CT molecular complexity index is 668. The van der Waals surface area contributed by atoms with Crippen molar-refractivity contribution in [2.75, 3.05) is 0 Å². The Hall–Kier alpha value is -2.17. The third-order valence-electron chi connectivity index (χ3n) is 2.53. The highest BCUT2D eigenvalue weighted by Crippen LogP contribution is 2.19. The topological polar surface area (TPSA) is 72.0 Å². The summed E-state index contributed by atoms with van der Waals surface area (Å²) in [4.78, 5) is 23.8. The van der Waals surface area contributed by atoms with Crippen LogP contribution in [0.25, 0.3) is 10.9 Å². The Morgan fingerprint density at radius 3 is 2.68 bits per heavy atom. The van der Waals surface area contributed by atoms with Crippen LogP contribution >= 0.6 is 0 Å². The van der Waals surface area contributed by atoms with Crippen LogP contribution in [-0.4, -0.2) is 16.2 Å². The first-order valence-corrected chi connectivity index (χ1v) is 6.05. The minimum absolute atomic E-state index is 0.194. The molecule has 0 amide bonds. The lowest BCUT2D eigenvalue weighted by atomic mass is 9.92. The van der Waals surface area contributed by atoms with Gasteiger partial charge < -0.3 is 4.74 Å². The lowest BCUT2D eigenvalue weighted by molar-refractivity contribution is -0.136. The Labute approximate surface area is 110 Å². The number of nitrogens with one attached hydrogen (secondary N) is 1. The van der Waals surface area contributed by atoms with E-state index in [0.717, 1.165) is 0 Å². The van der Waals surface area contributed by atoms with E-state index in [1.807, 2.05) is 20.8 Å². The molecule has 0 radical (unpaired) electrons. The fourth-order valence-corrected chi connectivity index (χ4v) is 1.70. The lowest BCUT2D eigenvalue weighted by Crippen LogP contribution is -2.21. The third-order valence-corrected chi connectivity index (χ3v) is 2.53. The molecule has 1 aromatic heterocycles. The van der Waals surface area contributed by atoms with Gasteiger partial charge in [0.15, 0.2) is 0 Å². The van der Waals surface area contributed by atoms with Gasteiger partial charge in [0.1, 0.15) is 0 Å². The molecule has 2 rings (SSSR count). The SMILES string of the molecule is CC(C)(C)CC(=O)Oc1n[nH]c2ccccc2c1=O. The molecule has 0 unspecified atom stereocenters. The van der Waals surface area contributed by atoms with Gasteiger partial charge in [-0.1, -0.05) is 32.9 Å². The first-order valence-electron chi connectivity index (χ1n) is 6.05. The highest BCUT2D eigenvalue weighted by Gasteiger charge is 2.19. The van der Waals surface area contributed by atoms with Crippen molar-refractivity contribution in [3.05, 3.63) is 34.5 Å². The Morgan fingerprint density at radius 1 is 1.32 bits per heavy atom. The van der Waals surface area contributed by atoms with E-state index in [0.29, 0.717) is 10.9 Å². The number of aromatic nitrogens is 2. The molecule has 100 valence electrons. The van der Waals surface area contributed by atoms with Gasteiger partial charge in [0.25, 0.3) is 11.3 Å². The number of ether oxygens (including phenoxy) is 1. The van der Waals surface area contributed by atoms with Gasteiger partial charge in [0.2, 0.25) is 0 Å². The number of para-hydroxylation sites is 1. The molecule has 0 spiro atoms. The van der Waals surface area contributed by atoms with Crippen molar-refractivity contribution in [2.45, 2.75) is 27.2 Å². The number of hydrogen-bond acceptors (Lipinski definition) is 4. The van der Waals surface area contributed by atoms with E-state index in [9.17, 15) is 9.59 Å². The standard InChI is InChI=1S/C14H16N2O3/c1-14(2,3)8-11(17)19-13-12(18)9-6-4-5-7-10(9)15-16-13/h4-7H,8H2,1-3H3,(H,15,18). The quantitative estimate of drug-likeness (QED) is 0.841. The number of esters is 1. The zero-order chi connectivity index (χ0) is 14.0. The summed E-state index contributed by atoms with van der Waals surface area (Å²) in [6, 6.07) is 6.95. The summed E-state index contributed by atoms with van der Waals surface area (Å²) < 4.78 is 5.04. The second kappa shape index (κ2) is 4.84. The number of carbonyl (C=O) groups excluding carboxylic acids is 1. The second-order valence-corrected chi connectivity index (χ2v) is 5.61. The number of carbonyl (C=O) groups is 1. The van der Waals surface area contributed by atoms with Gasteiger partial charge in [-0.3, -0.25) is 14.7 Å². The summed E-state index contributed by atoms with van der Waals surface area (Å²) in [5.74, 6) is -0.659. The average Bonchev–Trinajstić information content (AvgIpc) is 2.31. The van der Waals surface area contributed by atoms with Gasteiger partial charge in [-0.15, -0.1) is 5.10 Å². The van der Waals surface area contributed by atoms with E-state index in [1.54, 1.807) is 24.3 Å². The summed E-state index contributed by atoms with van der Waals surface area (Å²) >= 11 is 0. The first-order chi connectivity index (χ1) is 8.87. The Morgan fingerprint density at radius 2 is 2.00 bits per heavy atom. The number of nitrogens with zero attached hydrogens (tertiary/aromatic N) is 1. The molecule has 0 aliphatic heterocycles. The molecule has 19 heavy (non-hydrogen) atoms. The van der Waals surface area contributed by atoms with Crippen LogP contribution in [0.4, 0.5) is 0 Å². The predicted molar refractivity (Wildman–Crippen MR) is 72.1 cm³/mol. The van der Waals surface area contributed by atoms with Crippen molar-refractivity contribution in [3.8, 4) is 5.88 Å². The molecule has 0 atom stereocenters. The summed E-state index contributed by atoms with van der Waals surface area (Å²) in [6.45, 7) is 5.77. The molecule has 1 N–H and O–H groups in total. The number of aromatic amines is 1. The van der Waals surface area contributed by atoms with Gasteiger partial charge in [0, 0.05) is 0 Å². The molecule has 0 saturated carbocycles. The maximum absolute atomic E-state index is 12.1. The first kappa shape index (κ1) is 13.3. The van der Waals surface area contributed by atoms with Gasteiger partial charge in [-0.05, 0) is 17.5 Å². The molecule has 0 fully saturated rings. The average molecular weight is 260 g/mol. The van der Waals surface area contributed by atoms with Crippen LogP contribution in [0.5, 0.6) is 5.88 Å². The van der Waals surface area contributed by atoms with Crippen LogP contribution in [0.15, 0.2) is 29.1 Å². The van der Waals surface area contributed by atoms with Crippen molar-refractivity contribution in [2.24, 2.45) is 5.41 Å². The third kappa shape index (κ3) is 3.19. The maximum atomic E-state index is 12.1. The van der Waals surface area contributed by atoms with Gasteiger partial charge in [0.05, 0.1) is 17.3 Å². The van der Waals surface area contributed by atoms with Crippen LogP contribution in [0.2, 0.25) is 0 Å². The van der Waals surface area contributed by atoms with E-state index < -0.39 is 5.97 Å². The van der Waals surface area contributed by atoms with Crippen molar-refractivity contribution in [3.63, 3.8) is 0 Å². The molecule has 5 nitrogen and oxygen atoms in total. The molecule has 0 aliphatic rings. The van der Waals surface area contributed by atoms with Crippen LogP contribution in [0.1, 0.15) is 27.2 Å². The maximum Gasteiger partial charge on any atom is 0.313 e. The number of benzene rings is 1. The van der Waals surface area contributed by atoms with Gasteiger partial charge in [-0.25, -0.2) is 0 Å². The van der Waals surface area contributed by atoms with E-state index in [-0.39, 0.29) is 23.1 Å². The Kier molecular flexibility index (Phi) is 3.38. The minimum Gasteiger partial charge on any atom is -0.402 e. The molecule has 1 heterocycles. The highest BCUT2D eigenvalue weighted by atomic mass is 16.5. The molecule has 0 bridgehead atoms. The molecule has 2 aromatic rings. The van der Waals surface area contributed by atoms with Crippen LogP contribution in [0.3, 0.4) is 0 Å². The van der Waals surface area contributed by atoms with Crippen molar-refractivity contribution < 1.29 is 9.53 Å². The fraction of sp³-hybridized carbons (Fsp3) is 0.357. The molecule has 0 saturated heterocycles. The highest BCUT2D eigenvalue weighted by molar-refractivity contribution is 5.79. The normalized spacial score (nSPS) is 11.5. The summed E-state index contributed by atoms with van der Waals surface area (Å²) in [7, 11) is 0. The molecular formula is C14H16N2O3. The zero-order valence-corrected chi connectivity index (χ0v) is 11.2. The number of rotatable bonds is 2. The van der Waals surface area contributed by atoms with E-state index in [2.05, 4.69) is 10.2 Å². The molecule has 5 heteroatoms. The number of H-pyrrole nitrogens is 1. The molecular weight excluding hydrogens is 244 g/mol. The lowest BCUT2D eigenvalue weighted by Gasteiger charge is -2.15. The van der Waals surface area contributed by atoms with Crippen molar-refractivity contribution >= 4 is 16.9 Å². The zero-order valence-electron chi connectivity index (χ0n) is 11.2. The van der Waals surface area contributed by atoms with E-state index in [1.165, 1.54) is 0 Å². The summed E-state index contributed by atoms with van der Waals surface area (Å²) in [5.41, 5.74) is 0.0421. The summed E-state index contributed by atoms with van der Waals surface area (Å²) in [6.07, 6.45) is 0.223.